The van der Waals surface area contributed by atoms with Gasteiger partial charge in [0, 0.05) is 5.56 Å². The highest BCUT2D eigenvalue weighted by Crippen LogP contribution is 2.36. The van der Waals surface area contributed by atoms with Gasteiger partial charge in [-0.1, -0.05) is 32.0 Å². The van der Waals surface area contributed by atoms with Crippen LogP contribution >= 0.6 is 0 Å². The van der Waals surface area contributed by atoms with E-state index in [4.69, 9.17) is 0 Å². The summed E-state index contributed by atoms with van der Waals surface area (Å²) in [5.74, 6) is 0. The van der Waals surface area contributed by atoms with Gasteiger partial charge in [-0.25, -0.2) is 4.68 Å². The van der Waals surface area contributed by atoms with E-state index in [2.05, 4.69) is 54.3 Å². The molecule has 4 heteroatoms. The molecule has 116 valence electrons. The van der Waals surface area contributed by atoms with Crippen molar-refractivity contribution in [2.75, 3.05) is 0 Å². The summed E-state index contributed by atoms with van der Waals surface area (Å²) < 4.78 is 1.95. The van der Waals surface area contributed by atoms with Crippen LogP contribution < -0.4 is 0 Å². The number of aromatic nitrogens is 4. The Hall–Kier alpha value is -2.49. The van der Waals surface area contributed by atoms with Crippen molar-refractivity contribution in [3.8, 4) is 16.9 Å². The molecule has 1 aromatic carbocycles. The fraction of sp³-hybridized carbons (Fsp3) is 0.316. The van der Waals surface area contributed by atoms with E-state index in [1.54, 1.807) is 0 Å². The Labute approximate surface area is 136 Å². The van der Waals surface area contributed by atoms with E-state index < -0.39 is 0 Å². The molecule has 23 heavy (non-hydrogen) atoms. The largest absolute Gasteiger partial charge is 0.237 e. The van der Waals surface area contributed by atoms with E-state index >= 15 is 0 Å². The van der Waals surface area contributed by atoms with Crippen molar-refractivity contribution >= 4 is 0 Å². The molecule has 0 amide bonds. The average molecular weight is 304 g/mol. The number of hydrogen-bond acceptors (Lipinski definition) is 3. The third-order valence-corrected chi connectivity index (χ3v) is 4.56. The zero-order valence-electron chi connectivity index (χ0n) is 13.7. The molecule has 0 aliphatic heterocycles. The first-order valence-electron chi connectivity index (χ1n) is 7.99. The van der Waals surface area contributed by atoms with Gasteiger partial charge in [-0.05, 0) is 48.9 Å². The molecule has 0 saturated heterocycles. The Balaban J connectivity index is 1.75. The number of fused-ring (bicyclic) bond motifs is 1. The minimum atomic E-state index is 0.291. The highest BCUT2D eigenvalue weighted by Gasteiger charge is 2.30. The second-order valence-electron chi connectivity index (χ2n) is 7.11. The molecule has 4 nitrogen and oxygen atoms in total. The monoisotopic (exact) mass is 304 g/mol. The van der Waals surface area contributed by atoms with Crippen LogP contribution in [-0.4, -0.2) is 20.0 Å². The first kappa shape index (κ1) is 14.1. The van der Waals surface area contributed by atoms with Gasteiger partial charge in [-0.15, -0.1) is 0 Å². The zero-order chi connectivity index (χ0) is 16.0. The van der Waals surface area contributed by atoms with Crippen LogP contribution in [0.5, 0.6) is 0 Å². The van der Waals surface area contributed by atoms with Crippen LogP contribution in [0.3, 0.4) is 0 Å². The van der Waals surface area contributed by atoms with Gasteiger partial charge < -0.3 is 0 Å². The van der Waals surface area contributed by atoms with Crippen LogP contribution in [0.2, 0.25) is 0 Å². The maximum absolute atomic E-state index is 4.53. The lowest BCUT2D eigenvalue weighted by atomic mass is 9.90. The first-order valence-corrected chi connectivity index (χ1v) is 7.99. The summed E-state index contributed by atoms with van der Waals surface area (Å²) in [4.78, 5) is 0. The maximum atomic E-state index is 4.53. The lowest BCUT2D eigenvalue weighted by Crippen LogP contribution is -2.09. The van der Waals surface area contributed by atoms with Gasteiger partial charge in [0.25, 0.3) is 0 Å². The highest BCUT2D eigenvalue weighted by molar-refractivity contribution is 5.63. The summed E-state index contributed by atoms with van der Waals surface area (Å²) in [6.07, 6.45) is 3.97. The average Bonchev–Trinajstić information content (AvgIpc) is 3.05. The SMILES string of the molecule is Cc1c(-c2cc3c(nn2)CC(C)(C)C3)cnn1-c1ccccc1. The zero-order valence-corrected chi connectivity index (χ0v) is 13.7. The van der Waals surface area contributed by atoms with E-state index in [0.717, 1.165) is 41.2 Å². The van der Waals surface area contributed by atoms with Crippen LogP contribution in [-0.2, 0) is 12.8 Å². The van der Waals surface area contributed by atoms with Crippen LogP contribution in [0, 0.1) is 12.3 Å². The van der Waals surface area contributed by atoms with Crippen molar-refractivity contribution in [2.24, 2.45) is 5.41 Å². The van der Waals surface area contributed by atoms with Gasteiger partial charge >= 0.3 is 0 Å². The molecule has 0 spiro atoms. The Kier molecular flexibility index (Phi) is 3.08. The van der Waals surface area contributed by atoms with Crippen molar-refractivity contribution in [1.82, 2.24) is 20.0 Å². The van der Waals surface area contributed by atoms with Crippen molar-refractivity contribution in [1.29, 1.82) is 0 Å². The molecule has 0 saturated carbocycles. The molecule has 2 aromatic heterocycles. The molecule has 0 bridgehead atoms. The Bertz CT molecular complexity index is 862. The number of rotatable bonds is 2. The maximum Gasteiger partial charge on any atom is 0.0967 e. The minimum Gasteiger partial charge on any atom is -0.237 e. The Morgan fingerprint density at radius 1 is 1.04 bits per heavy atom. The lowest BCUT2D eigenvalue weighted by molar-refractivity contribution is 0.390. The minimum absolute atomic E-state index is 0.291. The summed E-state index contributed by atoms with van der Waals surface area (Å²) in [5.41, 5.74) is 6.88. The highest BCUT2D eigenvalue weighted by atomic mass is 15.3. The quantitative estimate of drug-likeness (QED) is 0.724. The van der Waals surface area contributed by atoms with E-state index in [1.165, 1.54) is 5.56 Å². The molecule has 0 radical (unpaired) electrons. The molecule has 0 N–H and O–H groups in total. The fourth-order valence-corrected chi connectivity index (χ4v) is 3.41. The third kappa shape index (κ3) is 2.44. The molecule has 2 heterocycles. The summed E-state index contributed by atoms with van der Waals surface area (Å²) in [5, 5.41) is 13.5. The topological polar surface area (TPSA) is 43.6 Å². The second-order valence-corrected chi connectivity index (χ2v) is 7.11. The van der Waals surface area contributed by atoms with Gasteiger partial charge in [0.2, 0.25) is 0 Å². The van der Waals surface area contributed by atoms with E-state index in [1.807, 2.05) is 29.1 Å². The van der Waals surface area contributed by atoms with Gasteiger partial charge in [0.15, 0.2) is 0 Å². The molecule has 0 fully saturated rings. The molecule has 1 aliphatic rings. The lowest BCUT2D eigenvalue weighted by Gasteiger charge is -2.14. The normalized spacial score (nSPS) is 15.6. The summed E-state index contributed by atoms with van der Waals surface area (Å²) in [7, 11) is 0. The smallest absolute Gasteiger partial charge is 0.0967 e. The predicted molar refractivity (Wildman–Crippen MR) is 90.5 cm³/mol. The van der Waals surface area contributed by atoms with Crippen molar-refractivity contribution < 1.29 is 0 Å². The van der Waals surface area contributed by atoms with Crippen molar-refractivity contribution in [3.63, 3.8) is 0 Å². The number of nitrogens with zero attached hydrogens (tertiary/aromatic N) is 4. The van der Waals surface area contributed by atoms with E-state index in [-0.39, 0.29) is 0 Å². The van der Waals surface area contributed by atoms with Crippen LogP contribution in [0.1, 0.15) is 30.8 Å². The molecule has 1 aliphatic carbocycles. The van der Waals surface area contributed by atoms with E-state index in [0.29, 0.717) is 5.41 Å². The molecule has 4 rings (SSSR count). The number of para-hydroxylation sites is 1. The first-order chi connectivity index (χ1) is 11.0. The van der Waals surface area contributed by atoms with Crippen molar-refractivity contribution in [2.45, 2.75) is 33.6 Å². The van der Waals surface area contributed by atoms with Crippen LogP contribution in [0.15, 0.2) is 42.6 Å². The molecular weight excluding hydrogens is 284 g/mol. The van der Waals surface area contributed by atoms with Crippen LogP contribution in [0.4, 0.5) is 0 Å². The summed E-state index contributed by atoms with van der Waals surface area (Å²) in [6, 6.07) is 12.4. The second kappa shape index (κ2) is 5.01. The van der Waals surface area contributed by atoms with Gasteiger partial charge in [-0.3, -0.25) is 0 Å². The number of benzene rings is 1. The standard InChI is InChI=1S/C19H20N4/c1-13-16(12-20-23(13)15-7-5-4-6-8-15)17-9-14-10-19(2,3)11-18(14)22-21-17/h4-9,12H,10-11H2,1-3H3. The fourth-order valence-electron chi connectivity index (χ4n) is 3.41. The molecular formula is C19H20N4. The van der Waals surface area contributed by atoms with Gasteiger partial charge in [0.1, 0.15) is 0 Å². The Morgan fingerprint density at radius 3 is 2.61 bits per heavy atom. The van der Waals surface area contributed by atoms with E-state index in [9.17, 15) is 0 Å². The number of hydrogen-bond donors (Lipinski definition) is 0. The van der Waals surface area contributed by atoms with Crippen molar-refractivity contribution in [3.05, 3.63) is 59.5 Å². The molecule has 3 aromatic rings. The van der Waals surface area contributed by atoms with Gasteiger partial charge in [0.05, 0.1) is 29.0 Å². The van der Waals surface area contributed by atoms with Gasteiger partial charge in [-0.2, -0.15) is 15.3 Å². The van der Waals surface area contributed by atoms with Crippen LogP contribution in [0.25, 0.3) is 16.9 Å². The summed E-state index contributed by atoms with van der Waals surface area (Å²) in [6.45, 7) is 6.65. The Morgan fingerprint density at radius 2 is 1.83 bits per heavy atom. The molecule has 0 unspecified atom stereocenters. The predicted octanol–water partition coefficient (Wildman–Crippen LogP) is 3.76. The summed E-state index contributed by atoms with van der Waals surface area (Å²) >= 11 is 0. The molecule has 0 atom stereocenters. The third-order valence-electron chi connectivity index (χ3n) is 4.56.